The number of fused-ring (bicyclic) bond motifs is 1. The van der Waals surface area contributed by atoms with E-state index in [1.54, 1.807) is 11.8 Å². The minimum atomic E-state index is -0.0135. The van der Waals surface area contributed by atoms with Crippen molar-refractivity contribution in [2.75, 3.05) is 0 Å². The Morgan fingerprint density at radius 3 is 2.62 bits per heavy atom. The smallest absolute Gasteiger partial charge is 0.222 e. The third-order valence-electron chi connectivity index (χ3n) is 4.10. The number of benzene rings is 1. The quantitative estimate of drug-likeness (QED) is 0.706. The van der Waals surface area contributed by atoms with Crippen LogP contribution >= 0.6 is 11.8 Å². The van der Waals surface area contributed by atoms with Crippen molar-refractivity contribution in [1.82, 2.24) is 19.9 Å². The van der Waals surface area contributed by atoms with Crippen LogP contribution < -0.4 is 5.32 Å². The molecule has 0 aliphatic heterocycles. The van der Waals surface area contributed by atoms with E-state index in [-0.39, 0.29) is 11.8 Å². The Balaban J connectivity index is 1.84. The highest BCUT2D eigenvalue weighted by Gasteiger charge is 2.12. The second kappa shape index (κ2) is 7.91. The maximum Gasteiger partial charge on any atom is 0.222 e. The van der Waals surface area contributed by atoms with E-state index in [1.165, 1.54) is 0 Å². The first kappa shape index (κ1) is 18.5. The standard InChI is InChI=1S/C20H24N4OS/c1-13(2)19-23-22-18-10-9-16(12-24(18)19)26-17-8-6-5-7-15(17)11-21-20(25)14(3)4/h5-10,12-14H,11H2,1-4H3,(H,21,25). The molecule has 2 aromatic heterocycles. The van der Waals surface area contributed by atoms with Crippen molar-refractivity contribution in [3.63, 3.8) is 0 Å². The van der Waals surface area contributed by atoms with E-state index in [1.807, 2.05) is 32.0 Å². The molecule has 3 rings (SSSR count). The molecule has 5 nitrogen and oxygen atoms in total. The molecule has 3 aromatic rings. The molecular formula is C20H24N4OS. The molecule has 0 saturated carbocycles. The zero-order valence-electron chi connectivity index (χ0n) is 15.6. The average Bonchev–Trinajstić information content (AvgIpc) is 3.04. The van der Waals surface area contributed by atoms with Crippen LogP contribution in [0.4, 0.5) is 0 Å². The van der Waals surface area contributed by atoms with Gasteiger partial charge in [0.15, 0.2) is 5.65 Å². The SMILES string of the molecule is CC(C)C(=O)NCc1ccccc1Sc1ccc2nnc(C(C)C)n2c1. The number of nitrogens with zero attached hydrogens (tertiary/aromatic N) is 3. The molecule has 1 aromatic carbocycles. The highest BCUT2D eigenvalue weighted by atomic mass is 32.2. The average molecular weight is 369 g/mol. The molecule has 0 atom stereocenters. The molecule has 0 saturated heterocycles. The lowest BCUT2D eigenvalue weighted by Gasteiger charge is -2.12. The van der Waals surface area contributed by atoms with E-state index in [9.17, 15) is 4.79 Å². The summed E-state index contributed by atoms with van der Waals surface area (Å²) in [7, 11) is 0. The summed E-state index contributed by atoms with van der Waals surface area (Å²) in [6, 6.07) is 12.2. The number of nitrogens with one attached hydrogen (secondary N) is 1. The Morgan fingerprint density at radius 1 is 1.12 bits per heavy atom. The summed E-state index contributed by atoms with van der Waals surface area (Å²) in [5, 5.41) is 11.5. The summed E-state index contributed by atoms with van der Waals surface area (Å²) in [6.07, 6.45) is 2.08. The van der Waals surface area contributed by atoms with E-state index < -0.39 is 0 Å². The van der Waals surface area contributed by atoms with E-state index in [0.717, 1.165) is 26.8 Å². The molecule has 0 aliphatic rings. The lowest BCUT2D eigenvalue weighted by molar-refractivity contribution is -0.124. The third kappa shape index (κ3) is 4.07. The van der Waals surface area contributed by atoms with Gasteiger partial charge in [-0.1, -0.05) is 57.7 Å². The largest absolute Gasteiger partial charge is 0.352 e. The number of carbonyl (C=O) groups is 1. The van der Waals surface area contributed by atoms with Crippen molar-refractivity contribution in [3.8, 4) is 0 Å². The number of hydrogen-bond acceptors (Lipinski definition) is 4. The van der Waals surface area contributed by atoms with Crippen molar-refractivity contribution in [2.24, 2.45) is 5.92 Å². The van der Waals surface area contributed by atoms with Gasteiger partial charge in [0, 0.05) is 34.4 Å². The van der Waals surface area contributed by atoms with Crippen LogP contribution in [-0.4, -0.2) is 20.5 Å². The van der Waals surface area contributed by atoms with Crippen molar-refractivity contribution < 1.29 is 4.79 Å². The molecule has 1 amide bonds. The van der Waals surface area contributed by atoms with Gasteiger partial charge in [-0.05, 0) is 23.8 Å². The predicted octanol–water partition coefficient (Wildman–Crippen LogP) is 4.28. The Kier molecular flexibility index (Phi) is 5.61. The minimum absolute atomic E-state index is 0.0135. The monoisotopic (exact) mass is 368 g/mol. The van der Waals surface area contributed by atoms with Gasteiger partial charge >= 0.3 is 0 Å². The van der Waals surface area contributed by atoms with Crippen molar-refractivity contribution in [2.45, 2.75) is 49.9 Å². The number of pyridine rings is 1. The van der Waals surface area contributed by atoms with Gasteiger partial charge in [-0.3, -0.25) is 9.20 Å². The third-order valence-corrected chi connectivity index (χ3v) is 5.19. The summed E-state index contributed by atoms with van der Waals surface area (Å²) >= 11 is 1.69. The molecule has 1 N–H and O–H groups in total. The number of amides is 1. The van der Waals surface area contributed by atoms with Crippen LogP contribution in [0.1, 0.15) is 45.0 Å². The number of rotatable bonds is 6. The molecule has 0 bridgehead atoms. The molecule has 26 heavy (non-hydrogen) atoms. The molecule has 2 heterocycles. The number of carbonyl (C=O) groups excluding carboxylic acids is 1. The molecule has 0 radical (unpaired) electrons. The summed E-state index contributed by atoms with van der Waals surface area (Å²) in [5.74, 6) is 1.32. The number of aromatic nitrogens is 3. The molecule has 0 fully saturated rings. The van der Waals surface area contributed by atoms with E-state index >= 15 is 0 Å². The zero-order valence-corrected chi connectivity index (χ0v) is 16.4. The van der Waals surface area contributed by atoms with Gasteiger partial charge < -0.3 is 5.32 Å². The van der Waals surface area contributed by atoms with Gasteiger partial charge in [0.25, 0.3) is 0 Å². The summed E-state index contributed by atoms with van der Waals surface area (Å²) in [4.78, 5) is 14.1. The molecule has 0 unspecified atom stereocenters. The summed E-state index contributed by atoms with van der Waals surface area (Å²) in [6.45, 7) is 8.56. The first-order valence-corrected chi connectivity index (χ1v) is 9.65. The van der Waals surface area contributed by atoms with E-state index in [4.69, 9.17) is 0 Å². The van der Waals surface area contributed by atoms with Gasteiger partial charge in [-0.2, -0.15) is 0 Å². The second-order valence-corrected chi connectivity index (χ2v) is 8.00. The highest BCUT2D eigenvalue weighted by molar-refractivity contribution is 7.99. The van der Waals surface area contributed by atoms with Crippen LogP contribution in [0, 0.1) is 5.92 Å². The predicted molar refractivity (Wildman–Crippen MR) is 104 cm³/mol. The topological polar surface area (TPSA) is 59.3 Å². The first-order valence-electron chi connectivity index (χ1n) is 8.84. The maximum absolute atomic E-state index is 11.9. The van der Waals surface area contributed by atoms with Gasteiger partial charge in [0.1, 0.15) is 5.82 Å². The minimum Gasteiger partial charge on any atom is -0.352 e. The van der Waals surface area contributed by atoms with Gasteiger partial charge in [0.05, 0.1) is 0 Å². The normalized spacial score (nSPS) is 11.5. The van der Waals surface area contributed by atoms with Gasteiger partial charge in [-0.25, -0.2) is 0 Å². The fourth-order valence-corrected chi connectivity index (χ4v) is 3.57. The Hall–Kier alpha value is -2.34. The zero-order chi connectivity index (χ0) is 18.7. The first-order chi connectivity index (χ1) is 12.5. The van der Waals surface area contributed by atoms with E-state index in [2.05, 4.69) is 58.2 Å². The lowest BCUT2D eigenvalue weighted by Crippen LogP contribution is -2.27. The highest BCUT2D eigenvalue weighted by Crippen LogP contribution is 2.31. The Bertz CT molecular complexity index is 917. The molecule has 0 spiro atoms. The van der Waals surface area contributed by atoms with Crippen LogP contribution in [0.25, 0.3) is 5.65 Å². The van der Waals surface area contributed by atoms with Crippen LogP contribution in [-0.2, 0) is 11.3 Å². The van der Waals surface area contributed by atoms with Crippen LogP contribution in [0.15, 0.2) is 52.4 Å². The molecule has 6 heteroatoms. The van der Waals surface area contributed by atoms with Crippen molar-refractivity contribution in [3.05, 3.63) is 54.0 Å². The fraction of sp³-hybridized carbons (Fsp3) is 0.350. The van der Waals surface area contributed by atoms with Crippen LogP contribution in [0.5, 0.6) is 0 Å². The van der Waals surface area contributed by atoms with Crippen LogP contribution in [0.3, 0.4) is 0 Å². The molecule has 136 valence electrons. The fourth-order valence-electron chi connectivity index (χ4n) is 2.61. The van der Waals surface area contributed by atoms with Crippen molar-refractivity contribution in [1.29, 1.82) is 0 Å². The maximum atomic E-state index is 11.9. The Morgan fingerprint density at radius 2 is 1.88 bits per heavy atom. The van der Waals surface area contributed by atoms with Gasteiger partial charge in [0.2, 0.25) is 5.91 Å². The molecular weight excluding hydrogens is 344 g/mol. The van der Waals surface area contributed by atoms with Crippen LogP contribution in [0.2, 0.25) is 0 Å². The molecule has 0 aliphatic carbocycles. The van der Waals surface area contributed by atoms with Crippen molar-refractivity contribution >= 4 is 23.3 Å². The van der Waals surface area contributed by atoms with Gasteiger partial charge in [-0.15, -0.1) is 10.2 Å². The lowest BCUT2D eigenvalue weighted by atomic mass is 10.2. The number of hydrogen-bond donors (Lipinski definition) is 1. The summed E-state index contributed by atoms with van der Waals surface area (Å²) < 4.78 is 2.05. The summed E-state index contributed by atoms with van der Waals surface area (Å²) in [5.41, 5.74) is 1.97. The second-order valence-electron chi connectivity index (χ2n) is 6.89. The van der Waals surface area contributed by atoms with E-state index in [0.29, 0.717) is 12.5 Å². The Labute approximate surface area is 158 Å².